The minimum Gasteiger partial charge on any atom is -0.399 e. The smallest absolute Gasteiger partial charge is 0.0426 e. The zero-order chi connectivity index (χ0) is 14.8. The first-order valence-electron chi connectivity index (χ1n) is 7.02. The van der Waals surface area contributed by atoms with Crippen molar-refractivity contribution < 1.29 is 0 Å². The lowest BCUT2D eigenvalue weighted by Crippen LogP contribution is -2.16. The highest BCUT2D eigenvalue weighted by Crippen LogP contribution is 2.23. The molecule has 2 nitrogen and oxygen atoms in total. The SMILES string of the molecule is CN(Cc1ccc(C(C)(C)C)cc1)c1ccc(N)cc1. The average Bonchev–Trinajstić information content (AvgIpc) is 2.39. The summed E-state index contributed by atoms with van der Waals surface area (Å²) >= 11 is 0. The number of nitrogens with zero attached hydrogens (tertiary/aromatic N) is 1. The highest BCUT2D eigenvalue weighted by atomic mass is 15.1. The van der Waals surface area contributed by atoms with Gasteiger partial charge in [0.2, 0.25) is 0 Å². The fourth-order valence-corrected chi connectivity index (χ4v) is 2.20. The van der Waals surface area contributed by atoms with Crippen LogP contribution in [-0.2, 0) is 12.0 Å². The van der Waals surface area contributed by atoms with Crippen LogP contribution in [0.2, 0.25) is 0 Å². The molecule has 0 radical (unpaired) electrons. The monoisotopic (exact) mass is 268 g/mol. The molecule has 0 spiro atoms. The van der Waals surface area contributed by atoms with Crippen molar-refractivity contribution in [2.45, 2.75) is 32.7 Å². The van der Waals surface area contributed by atoms with Gasteiger partial charge < -0.3 is 10.6 Å². The summed E-state index contributed by atoms with van der Waals surface area (Å²) < 4.78 is 0. The molecule has 106 valence electrons. The number of nitrogen functional groups attached to an aromatic ring is 1. The fourth-order valence-electron chi connectivity index (χ4n) is 2.20. The molecule has 2 N–H and O–H groups in total. The van der Waals surface area contributed by atoms with Crippen LogP contribution in [0.25, 0.3) is 0 Å². The molecule has 2 heteroatoms. The number of hydrogen-bond acceptors (Lipinski definition) is 2. The predicted molar refractivity (Wildman–Crippen MR) is 88.1 cm³/mol. The van der Waals surface area contributed by atoms with Gasteiger partial charge in [-0.15, -0.1) is 0 Å². The van der Waals surface area contributed by atoms with Crippen molar-refractivity contribution in [3.63, 3.8) is 0 Å². The van der Waals surface area contributed by atoms with Crippen LogP contribution >= 0.6 is 0 Å². The van der Waals surface area contributed by atoms with Gasteiger partial charge in [0, 0.05) is 25.0 Å². The van der Waals surface area contributed by atoms with E-state index in [1.807, 2.05) is 12.1 Å². The number of hydrogen-bond donors (Lipinski definition) is 1. The summed E-state index contributed by atoms with van der Waals surface area (Å²) in [6.45, 7) is 7.61. The Morgan fingerprint density at radius 2 is 1.45 bits per heavy atom. The minimum absolute atomic E-state index is 0.210. The molecule has 0 saturated heterocycles. The molecule has 0 atom stereocenters. The summed E-state index contributed by atoms with van der Waals surface area (Å²) in [5.41, 5.74) is 10.6. The molecule has 0 bridgehead atoms. The van der Waals surface area contributed by atoms with E-state index in [1.165, 1.54) is 16.8 Å². The Hall–Kier alpha value is -1.96. The van der Waals surface area contributed by atoms with Crippen molar-refractivity contribution in [2.24, 2.45) is 0 Å². The first-order chi connectivity index (χ1) is 9.36. The Morgan fingerprint density at radius 3 is 1.95 bits per heavy atom. The summed E-state index contributed by atoms with van der Waals surface area (Å²) in [5, 5.41) is 0. The van der Waals surface area contributed by atoms with Gasteiger partial charge in [-0.25, -0.2) is 0 Å². The Labute approximate surface area is 122 Å². The van der Waals surface area contributed by atoms with E-state index in [2.05, 4.69) is 69.1 Å². The molecule has 2 aromatic rings. The van der Waals surface area contributed by atoms with Gasteiger partial charge in [-0.05, 0) is 40.8 Å². The summed E-state index contributed by atoms with van der Waals surface area (Å²) in [6, 6.07) is 16.9. The Balaban J connectivity index is 2.08. The van der Waals surface area contributed by atoms with E-state index in [0.29, 0.717) is 0 Å². The maximum atomic E-state index is 5.72. The Morgan fingerprint density at radius 1 is 0.900 bits per heavy atom. The number of rotatable bonds is 3. The molecule has 0 unspecified atom stereocenters. The van der Waals surface area contributed by atoms with Gasteiger partial charge in [0.25, 0.3) is 0 Å². The van der Waals surface area contributed by atoms with E-state index in [4.69, 9.17) is 5.73 Å². The van der Waals surface area contributed by atoms with E-state index in [9.17, 15) is 0 Å². The van der Waals surface area contributed by atoms with Crippen molar-refractivity contribution in [1.29, 1.82) is 0 Å². The van der Waals surface area contributed by atoms with E-state index < -0.39 is 0 Å². The first-order valence-corrected chi connectivity index (χ1v) is 7.02. The van der Waals surface area contributed by atoms with Crippen molar-refractivity contribution >= 4 is 11.4 Å². The molecule has 0 aliphatic carbocycles. The first kappa shape index (κ1) is 14.4. The third-order valence-corrected chi connectivity index (χ3v) is 3.57. The second kappa shape index (κ2) is 5.58. The summed E-state index contributed by atoms with van der Waals surface area (Å²) in [7, 11) is 2.10. The zero-order valence-corrected chi connectivity index (χ0v) is 12.9. The van der Waals surface area contributed by atoms with E-state index in [1.54, 1.807) is 0 Å². The molecule has 2 aromatic carbocycles. The Kier molecular flexibility index (Phi) is 4.03. The molecular weight excluding hydrogens is 244 g/mol. The van der Waals surface area contributed by atoms with Crippen molar-refractivity contribution in [3.05, 3.63) is 59.7 Å². The van der Waals surface area contributed by atoms with Gasteiger partial charge in [-0.2, -0.15) is 0 Å². The quantitative estimate of drug-likeness (QED) is 0.845. The van der Waals surface area contributed by atoms with Crippen LogP contribution in [0.5, 0.6) is 0 Å². The van der Waals surface area contributed by atoms with E-state index in [0.717, 1.165) is 12.2 Å². The van der Waals surface area contributed by atoms with Crippen molar-refractivity contribution in [3.8, 4) is 0 Å². The minimum atomic E-state index is 0.210. The highest BCUT2D eigenvalue weighted by molar-refractivity contribution is 5.52. The highest BCUT2D eigenvalue weighted by Gasteiger charge is 2.13. The third kappa shape index (κ3) is 3.53. The topological polar surface area (TPSA) is 29.3 Å². The van der Waals surface area contributed by atoms with Crippen molar-refractivity contribution in [2.75, 3.05) is 17.7 Å². The largest absolute Gasteiger partial charge is 0.399 e. The van der Waals surface area contributed by atoms with Crippen LogP contribution < -0.4 is 10.6 Å². The van der Waals surface area contributed by atoms with Crippen LogP contribution in [0.15, 0.2) is 48.5 Å². The van der Waals surface area contributed by atoms with Crippen molar-refractivity contribution in [1.82, 2.24) is 0 Å². The lowest BCUT2D eigenvalue weighted by molar-refractivity contribution is 0.590. The van der Waals surface area contributed by atoms with Crippen LogP contribution in [0.4, 0.5) is 11.4 Å². The van der Waals surface area contributed by atoms with Gasteiger partial charge in [0.15, 0.2) is 0 Å². The van der Waals surface area contributed by atoms with Crippen LogP contribution in [0.1, 0.15) is 31.9 Å². The molecule has 0 heterocycles. The molecule has 0 aliphatic heterocycles. The molecule has 0 saturated carbocycles. The lowest BCUT2D eigenvalue weighted by Gasteiger charge is -2.22. The number of anilines is 2. The second-order valence-electron chi connectivity index (χ2n) is 6.39. The summed E-state index contributed by atoms with van der Waals surface area (Å²) in [6.07, 6.45) is 0. The second-order valence-corrected chi connectivity index (χ2v) is 6.39. The standard InChI is InChI=1S/C18H24N2/c1-18(2,3)15-7-5-14(6-8-15)13-20(4)17-11-9-16(19)10-12-17/h5-12H,13,19H2,1-4H3. The molecule has 0 aliphatic rings. The average molecular weight is 268 g/mol. The molecule has 0 fully saturated rings. The fraction of sp³-hybridized carbons (Fsp3) is 0.333. The van der Waals surface area contributed by atoms with Crippen LogP contribution in [-0.4, -0.2) is 7.05 Å². The van der Waals surface area contributed by atoms with Gasteiger partial charge in [0.05, 0.1) is 0 Å². The number of benzene rings is 2. The Bertz CT molecular complexity index is 547. The van der Waals surface area contributed by atoms with Gasteiger partial charge in [-0.3, -0.25) is 0 Å². The van der Waals surface area contributed by atoms with Crippen LogP contribution in [0, 0.1) is 0 Å². The summed E-state index contributed by atoms with van der Waals surface area (Å²) in [5.74, 6) is 0. The third-order valence-electron chi connectivity index (χ3n) is 3.57. The lowest BCUT2D eigenvalue weighted by atomic mass is 9.87. The van der Waals surface area contributed by atoms with E-state index >= 15 is 0 Å². The molecule has 20 heavy (non-hydrogen) atoms. The number of nitrogens with two attached hydrogens (primary N) is 1. The van der Waals surface area contributed by atoms with Gasteiger partial charge in [-0.1, -0.05) is 45.0 Å². The predicted octanol–water partition coefficient (Wildman–Crippen LogP) is 4.20. The summed E-state index contributed by atoms with van der Waals surface area (Å²) in [4.78, 5) is 2.23. The van der Waals surface area contributed by atoms with E-state index in [-0.39, 0.29) is 5.41 Å². The van der Waals surface area contributed by atoms with Gasteiger partial charge >= 0.3 is 0 Å². The molecular formula is C18H24N2. The van der Waals surface area contributed by atoms with Crippen LogP contribution in [0.3, 0.4) is 0 Å². The zero-order valence-electron chi connectivity index (χ0n) is 12.9. The maximum absolute atomic E-state index is 5.72. The molecule has 0 amide bonds. The normalized spacial score (nSPS) is 11.4. The molecule has 2 rings (SSSR count). The maximum Gasteiger partial charge on any atom is 0.0426 e. The molecule has 0 aromatic heterocycles. The van der Waals surface area contributed by atoms with Gasteiger partial charge in [0.1, 0.15) is 0 Å².